The van der Waals surface area contributed by atoms with Crippen molar-refractivity contribution in [1.82, 2.24) is 10.3 Å². The lowest BCUT2D eigenvalue weighted by atomic mass is 10.2. The molecule has 0 aliphatic rings. The molecule has 2 aromatic carbocycles. The summed E-state index contributed by atoms with van der Waals surface area (Å²) in [6, 6.07) is 17.0. The van der Waals surface area contributed by atoms with Crippen LogP contribution in [0.2, 0.25) is 0 Å². The molecule has 3 N–H and O–H groups in total. The van der Waals surface area contributed by atoms with Crippen LogP contribution < -0.4 is 11.1 Å². The maximum absolute atomic E-state index is 11.5. The number of nitrogens with two attached hydrogens (primary N) is 1. The molecule has 0 bridgehead atoms. The van der Waals surface area contributed by atoms with Gasteiger partial charge in [-0.2, -0.15) is 0 Å². The van der Waals surface area contributed by atoms with Crippen LogP contribution in [-0.2, 0) is 0 Å². The van der Waals surface area contributed by atoms with E-state index in [2.05, 4.69) is 10.3 Å². The van der Waals surface area contributed by atoms with Crippen LogP contribution in [0.15, 0.2) is 54.6 Å². The zero-order valence-electron chi connectivity index (χ0n) is 16.6. The number of benzene rings is 2. The number of hydrogen-bond acceptors (Lipinski definition) is 5. The van der Waals surface area contributed by atoms with E-state index in [-0.39, 0.29) is 5.91 Å². The predicted molar refractivity (Wildman–Crippen MR) is 118 cm³/mol. The van der Waals surface area contributed by atoms with Crippen molar-refractivity contribution >= 4 is 33.7 Å². The van der Waals surface area contributed by atoms with E-state index in [4.69, 9.17) is 5.73 Å². The summed E-state index contributed by atoms with van der Waals surface area (Å²) in [5.74, 6) is 0.00310. The highest BCUT2D eigenvalue weighted by Gasteiger charge is 2.02. The Kier molecular flexibility index (Phi) is 12.1. The number of carbonyl (C=O) groups is 2. The first-order chi connectivity index (χ1) is 13.7. The first kappa shape index (κ1) is 23.5. The smallest absolute Gasteiger partial charge is 0.251 e. The summed E-state index contributed by atoms with van der Waals surface area (Å²) in [4.78, 5) is 25.9. The van der Waals surface area contributed by atoms with E-state index in [1.165, 1.54) is 11.3 Å². The Labute approximate surface area is 171 Å². The predicted octanol–water partition coefficient (Wildman–Crippen LogP) is 4.68. The van der Waals surface area contributed by atoms with Gasteiger partial charge in [0.05, 0.1) is 10.2 Å². The maximum atomic E-state index is 11.5. The molecule has 0 saturated carbocycles. The quantitative estimate of drug-likeness (QED) is 0.446. The minimum Gasteiger partial charge on any atom is -0.352 e. The van der Waals surface area contributed by atoms with E-state index in [1.807, 2.05) is 68.4 Å². The molecule has 5 nitrogen and oxygen atoms in total. The lowest BCUT2D eigenvalue weighted by molar-refractivity contribution is 0.0952. The standard InChI is InChI=1S/C12H18N2O.C8H5NOS.C2H6/c13-9-5-2-6-10-14-12(15)11-7-3-1-4-8-11;10-5-8-9-6-3-1-2-4-7(6)11-8;1-2/h1,3-4,7-8H,2,5-6,9-10,13H2,(H,14,15);1-5H;1-2H3. The van der Waals surface area contributed by atoms with Crippen molar-refractivity contribution in [3.8, 4) is 0 Å². The molecule has 28 heavy (non-hydrogen) atoms. The Morgan fingerprint density at radius 2 is 1.71 bits per heavy atom. The number of para-hydroxylation sites is 1. The molecule has 0 atom stereocenters. The van der Waals surface area contributed by atoms with Crippen LogP contribution in [0, 0.1) is 0 Å². The Morgan fingerprint density at radius 1 is 1.04 bits per heavy atom. The summed E-state index contributed by atoms with van der Waals surface area (Å²) in [6.07, 6.45) is 3.88. The van der Waals surface area contributed by atoms with E-state index in [9.17, 15) is 9.59 Å². The van der Waals surface area contributed by atoms with Crippen molar-refractivity contribution in [2.24, 2.45) is 5.73 Å². The minimum absolute atomic E-state index is 0.00310. The molecule has 0 radical (unpaired) electrons. The average Bonchev–Trinajstić information content (AvgIpc) is 3.19. The van der Waals surface area contributed by atoms with Crippen molar-refractivity contribution in [3.63, 3.8) is 0 Å². The zero-order valence-corrected chi connectivity index (χ0v) is 17.4. The molecule has 150 valence electrons. The highest BCUT2D eigenvalue weighted by molar-refractivity contribution is 7.19. The highest BCUT2D eigenvalue weighted by Crippen LogP contribution is 2.19. The molecule has 3 rings (SSSR count). The molecule has 1 amide bonds. The number of aldehydes is 1. The minimum atomic E-state index is 0.00310. The average molecular weight is 400 g/mol. The van der Waals surface area contributed by atoms with Crippen molar-refractivity contribution in [2.45, 2.75) is 33.1 Å². The number of thiazole rings is 1. The summed E-state index contributed by atoms with van der Waals surface area (Å²) in [6.45, 7) is 5.46. The van der Waals surface area contributed by atoms with Gasteiger partial charge in [-0.15, -0.1) is 11.3 Å². The lowest BCUT2D eigenvalue weighted by Gasteiger charge is -2.04. The molecular formula is C22H29N3O2S. The van der Waals surface area contributed by atoms with E-state index < -0.39 is 0 Å². The van der Waals surface area contributed by atoms with Gasteiger partial charge in [0.1, 0.15) is 0 Å². The van der Waals surface area contributed by atoms with Crippen molar-refractivity contribution in [1.29, 1.82) is 0 Å². The van der Waals surface area contributed by atoms with Crippen LogP contribution in [0.4, 0.5) is 0 Å². The summed E-state index contributed by atoms with van der Waals surface area (Å²) in [5, 5.41) is 3.43. The van der Waals surface area contributed by atoms with Crippen LogP contribution in [-0.4, -0.2) is 30.3 Å². The molecular weight excluding hydrogens is 370 g/mol. The van der Waals surface area contributed by atoms with E-state index in [1.54, 1.807) is 0 Å². The first-order valence-electron chi connectivity index (χ1n) is 9.58. The highest BCUT2D eigenvalue weighted by atomic mass is 32.1. The number of aromatic nitrogens is 1. The Balaban J connectivity index is 0.000000266. The van der Waals surface area contributed by atoms with Gasteiger partial charge in [0, 0.05) is 12.1 Å². The second-order valence-electron chi connectivity index (χ2n) is 5.61. The summed E-state index contributed by atoms with van der Waals surface area (Å²) in [7, 11) is 0. The van der Waals surface area contributed by atoms with E-state index in [0.29, 0.717) is 5.01 Å². The third-order valence-electron chi connectivity index (χ3n) is 3.61. The number of hydrogen-bond donors (Lipinski definition) is 2. The van der Waals surface area contributed by atoms with Gasteiger partial charge in [-0.3, -0.25) is 9.59 Å². The van der Waals surface area contributed by atoms with Gasteiger partial charge < -0.3 is 11.1 Å². The monoisotopic (exact) mass is 399 g/mol. The number of nitrogens with one attached hydrogen (secondary N) is 1. The molecule has 0 spiro atoms. The fourth-order valence-corrected chi connectivity index (χ4v) is 3.06. The van der Waals surface area contributed by atoms with Crippen LogP contribution in [0.3, 0.4) is 0 Å². The topological polar surface area (TPSA) is 85.1 Å². The van der Waals surface area contributed by atoms with E-state index >= 15 is 0 Å². The van der Waals surface area contributed by atoms with Crippen LogP contribution in [0.25, 0.3) is 10.2 Å². The third-order valence-corrected chi connectivity index (χ3v) is 4.58. The molecule has 0 saturated heterocycles. The third kappa shape index (κ3) is 8.41. The summed E-state index contributed by atoms with van der Waals surface area (Å²) >= 11 is 1.42. The van der Waals surface area contributed by atoms with Gasteiger partial charge in [0.15, 0.2) is 11.3 Å². The molecule has 0 fully saturated rings. The van der Waals surface area contributed by atoms with Crippen LogP contribution in [0.5, 0.6) is 0 Å². The maximum Gasteiger partial charge on any atom is 0.251 e. The number of nitrogens with zero attached hydrogens (tertiary/aromatic N) is 1. The van der Waals surface area contributed by atoms with Crippen molar-refractivity contribution < 1.29 is 9.59 Å². The number of carbonyl (C=O) groups excluding carboxylic acids is 2. The molecule has 0 aliphatic carbocycles. The van der Waals surface area contributed by atoms with Gasteiger partial charge in [-0.05, 0) is 43.7 Å². The van der Waals surface area contributed by atoms with Gasteiger partial charge in [-0.1, -0.05) is 50.6 Å². The van der Waals surface area contributed by atoms with Gasteiger partial charge >= 0.3 is 0 Å². The molecule has 1 heterocycles. The largest absolute Gasteiger partial charge is 0.352 e. The molecule has 0 aliphatic heterocycles. The number of rotatable bonds is 7. The Morgan fingerprint density at radius 3 is 2.36 bits per heavy atom. The van der Waals surface area contributed by atoms with Crippen molar-refractivity contribution in [2.75, 3.05) is 13.1 Å². The SMILES string of the molecule is CC.NCCCCCNC(=O)c1ccccc1.O=Cc1nc2ccccc2s1. The normalized spacial score (nSPS) is 9.54. The molecule has 6 heteroatoms. The van der Waals surface area contributed by atoms with E-state index in [0.717, 1.165) is 54.4 Å². The van der Waals surface area contributed by atoms with Gasteiger partial charge in [0.25, 0.3) is 5.91 Å². The number of unbranched alkanes of at least 4 members (excludes halogenated alkanes) is 2. The van der Waals surface area contributed by atoms with Crippen LogP contribution >= 0.6 is 11.3 Å². The summed E-state index contributed by atoms with van der Waals surface area (Å²) < 4.78 is 1.06. The first-order valence-corrected chi connectivity index (χ1v) is 10.4. The van der Waals surface area contributed by atoms with Gasteiger partial charge in [-0.25, -0.2) is 4.98 Å². The second-order valence-corrected chi connectivity index (χ2v) is 6.67. The fourth-order valence-electron chi connectivity index (χ4n) is 2.28. The van der Waals surface area contributed by atoms with Gasteiger partial charge in [0.2, 0.25) is 0 Å². The second kappa shape index (κ2) is 14.5. The number of fused-ring (bicyclic) bond motifs is 1. The van der Waals surface area contributed by atoms with Crippen molar-refractivity contribution in [3.05, 3.63) is 65.2 Å². The Hall–Kier alpha value is -2.57. The molecule has 0 unspecified atom stereocenters. The van der Waals surface area contributed by atoms with Crippen LogP contribution in [0.1, 0.15) is 53.3 Å². The fraction of sp³-hybridized carbons (Fsp3) is 0.318. The zero-order chi connectivity index (χ0) is 20.6. The molecule has 1 aromatic heterocycles. The lowest BCUT2D eigenvalue weighted by Crippen LogP contribution is -2.24. The summed E-state index contributed by atoms with van der Waals surface area (Å²) in [5.41, 5.74) is 7.00. The number of amides is 1. The Bertz CT molecular complexity index is 786. The molecule has 3 aromatic rings.